The summed E-state index contributed by atoms with van der Waals surface area (Å²) in [7, 11) is 0. The maximum atomic E-state index is 11.8. The molecule has 1 saturated heterocycles. The van der Waals surface area contributed by atoms with Crippen LogP contribution in [0.15, 0.2) is 6.33 Å². The van der Waals surface area contributed by atoms with Gasteiger partial charge in [0.2, 0.25) is 5.91 Å². The molecule has 0 aliphatic carbocycles. The summed E-state index contributed by atoms with van der Waals surface area (Å²) in [6.07, 6.45) is 1.25. The number of piperazine rings is 1. The average Bonchev–Trinajstić information content (AvgIpc) is 2.35. The molecule has 6 nitrogen and oxygen atoms in total. The van der Waals surface area contributed by atoms with E-state index in [0.717, 1.165) is 26.2 Å². The second-order valence-corrected chi connectivity index (χ2v) is 4.62. The minimum absolute atomic E-state index is 0.142. The predicted molar refractivity (Wildman–Crippen MR) is 70.0 cm³/mol. The molecular weight excluding hydrogens is 277 g/mol. The number of rotatable bonds is 3. The van der Waals surface area contributed by atoms with Crippen molar-refractivity contribution in [3.63, 3.8) is 0 Å². The Bertz CT molecular complexity index is 416. The largest absolute Gasteiger partial charge is 0.320 e. The number of hydrogen-bond acceptors (Lipinski definition) is 5. The van der Waals surface area contributed by atoms with Crippen molar-refractivity contribution in [3.05, 3.63) is 16.6 Å². The van der Waals surface area contributed by atoms with E-state index in [-0.39, 0.29) is 21.9 Å². The van der Waals surface area contributed by atoms with Crippen LogP contribution in [0, 0.1) is 0 Å². The van der Waals surface area contributed by atoms with Gasteiger partial charge in [0.05, 0.1) is 6.54 Å². The lowest BCUT2D eigenvalue weighted by molar-refractivity contribution is -0.117. The molecular formula is C10H13Cl2N5O. The van der Waals surface area contributed by atoms with Gasteiger partial charge in [0.25, 0.3) is 0 Å². The third-order valence-corrected chi connectivity index (χ3v) is 3.17. The normalized spacial score (nSPS) is 16.6. The third kappa shape index (κ3) is 3.52. The highest BCUT2D eigenvalue weighted by molar-refractivity contribution is 6.38. The Labute approximate surface area is 115 Å². The molecule has 1 aromatic rings. The van der Waals surface area contributed by atoms with Crippen LogP contribution in [0.4, 0.5) is 5.69 Å². The van der Waals surface area contributed by atoms with Crippen LogP contribution in [0.25, 0.3) is 0 Å². The van der Waals surface area contributed by atoms with Crippen LogP contribution in [0.3, 0.4) is 0 Å². The molecule has 0 bridgehead atoms. The van der Waals surface area contributed by atoms with Crippen LogP contribution in [0.2, 0.25) is 10.3 Å². The van der Waals surface area contributed by atoms with Crippen molar-refractivity contribution in [2.24, 2.45) is 0 Å². The van der Waals surface area contributed by atoms with Gasteiger partial charge >= 0.3 is 0 Å². The molecule has 0 aromatic carbocycles. The Balaban J connectivity index is 1.94. The summed E-state index contributed by atoms with van der Waals surface area (Å²) in [5.74, 6) is -0.171. The van der Waals surface area contributed by atoms with E-state index in [0.29, 0.717) is 6.54 Å². The molecule has 1 amide bonds. The number of amides is 1. The minimum atomic E-state index is -0.171. The summed E-state index contributed by atoms with van der Waals surface area (Å²) in [4.78, 5) is 21.4. The monoisotopic (exact) mass is 289 g/mol. The standard InChI is InChI=1S/C10H13Cl2N5O/c11-9-8(10(12)15-6-14-9)16-7(18)5-17-3-1-13-2-4-17/h6,13H,1-5H2,(H,16,18). The molecule has 18 heavy (non-hydrogen) atoms. The van der Waals surface area contributed by atoms with Crippen LogP contribution < -0.4 is 10.6 Å². The Kier molecular flexibility index (Phi) is 4.71. The van der Waals surface area contributed by atoms with Crippen LogP contribution in [-0.4, -0.2) is 53.5 Å². The summed E-state index contributed by atoms with van der Waals surface area (Å²) in [6, 6.07) is 0. The minimum Gasteiger partial charge on any atom is -0.320 e. The lowest BCUT2D eigenvalue weighted by Gasteiger charge is -2.26. The van der Waals surface area contributed by atoms with Crippen LogP contribution in [-0.2, 0) is 4.79 Å². The zero-order valence-electron chi connectivity index (χ0n) is 9.62. The van der Waals surface area contributed by atoms with E-state index in [1.807, 2.05) is 0 Å². The van der Waals surface area contributed by atoms with E-state index in [4.69, 9.17) is 23.2 Å². The summed E-state index contributed by atoms with van der Waals surface area (Å²) < 4.78 is 0. The number of carbonyl (C=O) groups excluding carboxylic acids is 1. The van der Waals surface area contributed by atoms with E-state index in [1.54, 1.807) is 0 Å². The first-order chi connectivity index (χ1) is 8.66. The topological polar surface area (TPSA) is 70.2 Å². The summed E-state index contributed by atoms with van der Waals surface area (Å²) >= 11 is 11.7. The van der Waals surface area contributed by atoms with E-state index in [9.17, 15) is 4.79 Å². The number of aromatic nitrogens is 2. The fraction of sp³-hybridized carbons (Fsp3) is 0.500. The summed E-state index contributed by atoms with van der Waals surface area (Å²) in [5, 5.41) is 6.14. The first-order valence-electron chi connectivity index (χ1n) is 5.56. The van der Waals surface area contributed by atoms with Gasteiger partial charge in [-0.3, -0.25) is 9.69 Å². The number of halogens is 2. The first kappa shape index (κ1) is 13.5. The zero-order chi connectivity index (χ0) is 13.0. The van der Waals surface area contributed by atoms with Crippen molar-refractivity contribution >= 4 is 34.8 Å². The smallest absolute Gasteiger partial charge is 0.238 e. The van der Waals surface area contributed by atoms with Crippen LogP contribution >= 0.6 is 23.2 Å². The van der Waals surface area contributed by atoms with Gasteiger partial charge in [0.1, 0.15) is 12.0 Å². The molecule has 98 valence electrons. The molecule has 0 unspecified atom stereocenters. The number of carbonyl (C=O) groups is 1. The van der Waals surface area contributed by atoms with Crippen molar-refractivity contribution in [2.45, 2.75) is 0 Å². The summed E-state index contributed by atoms with van der Waals surface area (Å²) in [6.45, 7) is 3.79. The molecule has 2 N–H and O–H groups in total. The first-order valence-corrected chi connectivity index (χ1v) is 6.31. The molecule has 1 aliphatic heterocycles. The molecule has 2 rings (SSSR count). The van der Waals surface area contributed by atoms with Gasteiger partial charge in [-0.2, -0.15) is 0 Å². The Morgan fingerprint density at radius 2 is 1.94 bits per heavy atom. The molecule has 1 fully saturated rings. The highest BCUT2D eigenvalue weighted by atomic mass is 35.5. The Morgan fingerprint density at radius 3 is 2.56 bits per heavy atom. The van der Waals surface area contributed by atoms with Gasteiger partial charge in [-0.25, -0.2) is 9.97 Å². The van der Waals surface area contributed by atoms with Crippen molar-refractivity contribution in [3.8, 4) is 0 Å². The van der Waals surface area contributed by atoms with Gasteiger partial charge in [-0.1, -0.05) is 23.2 Å². The molecule has 0 radical (unpaired) electrons. The number of nitrogens with one attached hydrogen (secondary N) is 2. The fourth-order valence-electron chi connectivity index (χ4n) is 1.70. The molecule has 1 aliphatic rings. The molecule has 2 heterocycles. The predicted octanol–water partition coefficient (Wildman–Crippen LogP) is 0.627. The Hall–Kier alpha value is -0.950. The van der Waals surface area contributed by atoms with Gasteiger partial charge in [0, 0.05) is 26.2 Å². The molecule has 0 saturated carbocycles. The summed E-state index contributed by atoms with van der Waals surface area (Å²) in [5.41, 5.74) is 0.265. The number of nitrogens with zero attached hydrogens (tertiary/aromatic N) is 3. The van der Waals surface area contributed by atoms with Crippen molar-refractivity contribution in [1.82, 2.24) is 20.2 Å². The SMILES string of the molecule is O=C(CN1CCNCC1)Nc1c(Cl)ncnc1Cl. The van der Waals surface area contributed by atoms with Crippen molar-refractivity contribution < 1.29 is 4.79 Å². The molecule has 8 heteroatoms. The highest BCUT2D eigenvalue weighted by Crippen LogP contribution is 2.25. The molecule has 0 spiro atoms. The van der Waals surface area contributed by atoms with E-state index in [1.165, 1.54) is 6.33 Å². The number of hydrogen-bond donors (Lipinski definition) is 2. The third-order valence-electron chi connectivity index (χ3n) is 2.60. The van der Waals surface area contributed by atoms with Crippen LogP contribution in [0.1, 0.15) is 0 Å². The lowest BCUT2D eigenvalue weighted by atomic mass is 10.3. The lowest BCUT2D eigenvalue weighted by Crippen LogP contribution is -2.46. The highest BCUT2D eigenvalue weighted by Gasteiger charge is 2.16. The zero-order valence-corrected chi connectivity index (χ0v) is 11.1. The second kappa shape index (κ2) is 6.29. The van der Waals surface area contributed by atoms with Crippen molar-refractivity contribution in [1.29, 1.82) is 0 Å². The maximum Gasteiger partial charge on any atom is 0.238 e. The van der Waals surface area contributed by atoms with Gasteiger partial charge in [-0.05, 0) is 0 Å². The van der Waals surface area contributed by atoms with Crippen molar-refractivity contribution in [2.75, 3.05) is 38.0 Å². The molecule has 0 atom stereocenters. The van der Waals surface area contributed by atoms with Gasteiger partial charge in [-0.15, -0.1) is 0 Å². The van der Waals surface area contributed by atoms with E-state index in [2.05, 4.69) is 25.5 Å². The van der Waals surface area contributed by atoms with Gasteiger partial charge in [0.15, 0.2) is 10.3 Å². The maximum absolute atomic E-state index is 11.8. The van der Waals surface area contributed by atoms with Gasteiger partial charge < -0.3 is 10.6 Å². The van der Waals surface area contributed by atoms with E-state index >= 15 is 0 Å². The number of anilines is 1. The van der Waals surface area contributed by atoms with E-state index < -0.39 is 0 Å². The quantitative estimate of drug-likeness (QED) is 0.799. The fourth-order valence-corrected chi connectivity index (χ4v) is 2.11. The molecule has 1 aromatic heterocycles. The average molecular weight is 290 g/mol. The Morgan fingerprint density at radius 1 is 1.33 bits per heavy atom. The second-order valence-electron chi connectivity index (χ2n) is 3.90. The van der Waals surface area contributed by atoms with Crippen LogP contribution in [0.5, 0.6) is 0 Å².